The van der Waals surface area contributed by atoms with Crippen LogP contribution in [0.3, 0.4) is 0 Å². The molecule has 1 saturated heterocycles. The van der Waals surface area contributed by atoms with Crippen LogP contribution in [0.2, 0.25) is 0 Å². The number of hydrogen-bond acceptors (Lipinski definition) is 2. The highest BCUT2D eigenvalue weighted by molar-refractivity contribution is 9.10. The second-order valence-electron chi connectivity index (χ2n) is 6.54. The second-order valence-corrected chi connectivity index (χ2v) is 7.45. The van der Waals surface area contributed by atoms with Crippen molar-refractivity contribution < 1.29 is 13.9 Å². The summed E-state index contributed by atoms with van der Waals surface area (Å²) in [6.45, 7) is 6.34. The maximum Gasteiger partial charge on any atom is 0.411 e. The van der Waals surface area contributed by atoms with Crippen LogP contribution in [0.4, 0.5) is 9.18 Å². The third-order valence-corrected chi connectivity index (χ3v) is 5.41. The van der Waals surface area contributed by atoms with Gasteiger partial charge in [0.2, 0.25) is 0 Å². The Bertz CT molecular complexity index is 808. The molecule has 2 aromatic carbocycles. The van der Waals surface area contributed by atoms with E-state index in [1.54, 1.807) is 23.1 Å². The highest BCUT2D eigenvalue weighted by Gasteiger charge is 2.42. The number of nitrogens with zero attached hydrogens (tertiary/aromatic N) is 1. The smallest absolute Gasteiger partial charge is 0.411 e. The van der Waals surface area contributed by atoms with E-state index in [2.05, 4.69) is 22.5 Å². The van der Waals surface area contributed by atoms with Crippen LogP contribution in [0.1, 0.15) is 36.9 Å². The van der Waals surface area contributed by atoms with Gasteiger partial charge in [-0.2, -0.15) is 0 Å². The molecule has 3 nitrogen and oxygen atoms in total. The number of halogens is 2. The molecule has 0 N–H and O–H groups in total. The van der Waals surface area contributed by atoms with Gasteiger partial charge < -0.3 is 9.64 Å². The van der Waals surface area contributed by atoms with Gasteiger partial charge in [0, 0.05) is 23.9 Å². The highest BCUT2D eigenvalue weighted by Crippen LogP contribution is 2.40. The van der Waals surface area contributed by atoms with E-state index in [9.17, 15) is 9.18 Å². The number of hydrogen-bond donors (Lipinski definition) is 0. The van der Waals surface area contributed by atoms with Crippen LogP contribution in [0.15, 0.2) is 65.7 Å². The van der Waals surface area contributed by atoms with Crippen molar-refractivity contribution in [1.82, 2.24) is 4.90 Å². The zero-order valence-corrected chi connectivity index (χ0v) is 16.2. The molecule has 2 atom stereocenters. The summed E-state index contributed by atoms with van der Waals surface area (Å²) in [6.07, 6.45) is 2.48. The molecule has 0 bridgehead atoms. The van der Waals surface area contributed by atoms with Crippen molar-refractivity contribution >= 4 is 22.0 Å². The largest absolute Gasteiger partial charge is 0.437 e. The zero-order chi connectivity index (χ0) is 18.7. The molecule has 1 fully saturated rings. The SMILES string of the molecule is C=CCC1(c2ccc(F)cc2)CCN([C@@H](C)c2cccc(Br)c2)C(=O)O1. The fraction of sp³-hybridized carbons (Fsp3) is 0.286. The van der Waals surface area contributed by atoms with E-state index >= 15 is 0 Å². The number of rotatable bonds is 5. The highest BCUT2D eigenvalue weighted by atomic mass is 79.9. The van der Waals surface area contributed by atoms with Gasteiger partial charge in [-0.25, -0.2) is 9.18 Å². The normalized spacial score (nSPS) is 21.2. The Morgan fingerprint density at radius 3 is 2.69 bits per heavy atom. The lowest BCUT2D eigenvalue weighted by Gasteiger charge is -2.43. The van der Waals surface area contributed by atoms with Crippen LogP contribution in [-0.2, 0) is 10.3 Å². The van der Waals surface area contributed by atoms with Crippen LogP contribution in [0.5, 0.6) is 0 Å². The molecule has 0 aliphatic carbocycles. The Morgan fingerprint density at radius 2 is 2.08 bits per heavy atom. The molecule has 0 radical (unpaired) electrons. The van der Waals surface area contributed by atoms with Crippen molar-refractivity contribution in [2.45, 2.75) is 31.4 Å². The number of carbonyl (C=O) groups is 1. The van der Waals surface area contributed by atoms with Crippen LogP contribution in [-0.4, -0.2) is 17.5 Å². The first kappa shape index (κ1) is 18.6. The first-order valence-electron chi connectivity index (χ1n) is 8.57. The first-order chi connectivity index (χ1) is 12.4. The summed E-state index contributed by atoms with van der Waals surface area (Å²) >= 11 is 3.47. The first-order valence-corrected chi connectivity index (χ1v) is 9.36. The van der Waals surface area contributed by atoms with E-state index < -0.39 is 5.60 Å². The molecule has 1 aliphatic rings. The number of benzene rings is 2. The summed E-state index contributed by atoms with van der Waals surface area (Å²) in [6, 6.07) is 13.9. The van der Waals surface area contributed by atoms with Crippen molar-refractivity contribution in [3.8, 4) is 0 Å². The summed E-state index contributed by atoms with van der Waals surface area (Å²) in [4.78, 5) is 14.5. The lowest BCUT2D eigenvalue weighted by molar-refractivity contribution is -0.0588. The zero-order valence-electron chi connectivity index (χ0n) is 14.6. The third kappa shape index (κ3) is 3.68. The molecule has 3 rings (SSSR count). The Labute approximate surface area is 161 Å². The molecular formula is C21H21BrFNO2. The van der Waals surface area contributed by atoms with E-state index in [0.717, 1.165) is 15.6 Å². The minimum Gasteiger partial charge on any atom is -0.437 e. The van der Waals surface area contributed by atoms with Gasteiger partial charge in [-0.05, 0) is 42.3 Å². The minimum absolute atomic E-state index is 0.102. The average Bonchev–Trinajstić information content (AvgIpc) is 2.62. The van der Waals surface area contributed by atoms with Gasteiger partial charge in [0.25, 0.3) is 0 Å². The lowest BCUT2D eigenvalue weighted by Crippen LogP contribution is -2.48. The van der Waals surface area contributed by atoms with Gasteiger partial charge in [0.05, 0.1) is 6.04 Å². The molecule has 5 heteroatoms. The standard InChI is InChI=1S/C21H21BrFNO2/c1-3-11-21(17-7-9-19(23)10-8-17)12-13-24(20(25)26-21)15(2)16-5-4-6-18(22)14-16/h3-10,14-15H,1,11-13H2,2H3/t15-,21?/m0/s1. The predicted molar refractivity (Wildman–Crippen MR) is 103 cm³/mol. The second kappa shape index (κ2) is 7.62. The quantitative estimate of drug-likeness (QED) is 0.561. The fourth-order valence-corrected chi connectivity index (χ4v) is 3.84. The molecule has 1 unspecified atom stereocenters. The number of amides is 1. The van der Waals surface area contributed by atoms with Crippen LogP contribution >= 0.6 is 15.9 Å². The molecule has 1 amide bonds. The van der Waals surface area contributed by atoms with E-state index in [0.29, 0.717) is 19.4 Å². The molecule has 1 heterocycles. The van der Waals surface area contributed by atoms with Gasteiger partial charge in [-0.1, -0.05) is 46.3 Å². The van der Waals surface area contributed by atoms with E-state index in [-0.39, 0.29) is 18.0 Å². The monoisotopic (exact) mass is 417 g/mol. The molecule has 0 spiro atoms. The van der Waals surface area contributed by atoms with E-state index in [1.807, 2.05) is 31.2 Å². The van der Waals surface area contributed by atoms with Gasteiger partial charge in [0.1, 0.15) is 11.4 Å². The maximum absolute atomic E-state index is 13.3. The maximum atomic E-state index is 13.3. The van der Waals surface area contributed by atoms with Gasteiger partial charge in [0.15, 0.2) is 0 Å². The Balaban J connectivity index is 1.84. The molecule has 1 aliphatic heterocycles. The van der Waals surface area contributed by atoms with Crippen LogP contribution in [0.25, 0.3) is 0 Å². The van der Waals surface area contributed by atoms with Gasteiger partial charge in [-0.3, -0.25) is 0 Å². The molecular weight excluding hydrogens is 397 g/mol. The fourth-order valence-electron chi connectivity index (χ4n) is 3.42. The van der Waals surface area contributed by atoms with Crippen LogP contribution < -0.4 is 0 Å². The Morgan fingerprint density at radius 1 is 1.35 bits per heavy atom. The summed E-state index contributed by atoms with van der Waals surface area (Å²) in [7, 11) is 0. The molecule has 136 valence electrons. The van der Waals surface area contributed by atoms with Gasteiger partial charge >= 0.3 is 6.09 Å². The number of ether oxygens (including phenoxy) is 1. The Kier molecular flexibility index (Phi) is 5.47. The van der Waals surface area contributed by atoms with Crippen molar-refractivity contribution in [3.05, 3.63) is 82.6 Å². The third-order valence-electron chi connectivity index (χ3n) is 4.92. The van der Waals surface area contributed by atoms with Crippen molar-refractivity contribution in [3.63, 3.8) is 0 Å². The number of cyclic esters (lactones) is 1. The van der Waals surface area contributed by atoms with E-state index in [4.69, 9.17) is 4.74 Å². The molecule has 0 saturated carbocycles. The van der Waals surface area contributed by atoms with Crippen molar-refractivity contribution in [2.75, 3.05) is 6.54 Å². The van der Waals surface area contributed by atoms with Crippen molar-refractivity contribution in [1.29, 1.82) is 0 Å². The minimum atomic E-state index is -0.792. The molecule has 26 heavy (non-hydrogen) atoms. The summed E-state index contributed by atoms with van der Waals surface area (Å²) in [5.41, 5.74) is 1.04. The summed E-state index contributed by atoms with van der Waals surface area (Å²) in [5.74, 6) is -0.311. The predicted octanol–water partition coefficient (Wildman–Crippen LogP) is 5.96. The summed E-state index contributed by atoms with van der Waals surface area (Å²) < 4.78 is 20.2. The number of carbonyl (C=O) groups excluding carboxylic acids is 1. The van der Waals surface area contributed by atoms with Crippen LogP contribution in [0, 0.1) is 5.82 Å². The topological polar surface area (TPSA) is 29.5 Å². The van der Waals surface area contributed by atoms with E-state index in [1.165, 1.54) is 12.1 Å². The van der Waals surface area contributed by atoms with Gasteiger partial charge in [-0.15, -0.1) is 6.58 Å². The molecule has 0 aromatic heterocycles. The lowest BCUT2D eigenvalue weighted by atomic mass is 9.85. The molecule has 2 aromatic rings. The Hall–Kier alpha value is -2.14. The summed E-state index contributed by atoms with van der Waals surface area (Å²) in [5, 5.41) is 0. The van der Waals surface area contributed by atoms with Crippen molar-refractivity contribution in [2.24, 2.45) is 0 Å². The average molecular weight is 418 g/mol.